The second-order valence-electron chi connectivity index (χ2n) is 5.84. The van der Waals surface area contributed by atoms with Gasteiger partial charge in [0, 0.05) is 11.1 Å². The Morgan fingerprint density at radius 3 is 1.68 bits per heavy atom. The molecule has 2 aromatic carbocycles. The quantitative estimate of drug-likeness (QED) is 0.688. The molecule has 1 aliphatic carbocycles. The number of carbonyl (C=O) groups excluding carboxylic acids is 2. The van der Waals surface area contributed by atoms with Gasteiger partial charge < -0.3 is 28.8 Å². The maximum Gasteiger partial charge on any atom is 0.204 e. The van der Waals surface area contributed by atoms with Crippen molar-refractivity contribution in [1.82, 2.24) is 0 Å². The highest BCUT2D eigenvalue weighted by atomic mass is 16.5. The summed E-state index contributed by atoms with van der Waals surface area (Å²) in [6.07, 6.45) is 0. The molecule has 0 aromatic heterocycles. The number of hydrogen-bond donors (Lipinski definition) is 1. The number of ether oxygens (including phenoxy) is 5. The lowest BCUT2D eigenvalue weighted by Crippen LogP contribution is -2.23. The highest BCUT2D eigenvalue weighted by Gasteiger charge is 2.39. The average Bonchev–Trinajstić information content (AvgIpc) is 2.70. The molecule has 0 saturated carbocycles. The standard InChI is InChI=1S/C20H20O8/c1-6-28-12-8-10-14(20(27-5)18(12)25-3)15(22)9-7-11(21)17(24-2)19(26-4)13(9)16(10)23/h7-8,21H,6H2,1-5H3. The average molecular weight is 388 g/mol. The summed E-state index contributed by atoms with van der Waals surface area (Å²) in [6, 6.07) is 2.63. The van der Waals surface area contributed by atoms with Gasteiger partial charge in [0.2, 0.25) is 11.5 Å². The third kappa shape index (κ3) is 2.60. The van der Waals surface area contributed by atoms with Crippen molar-refractivity contribution < 1.29 is 38.4 Å². The van der Waals surface area contributed by atoms with E-state index in [9.17, 15) is 14.7 Å². The number of carbonyl (C=O) groups is 2. The third-order valence-corrected chi connectivity index (χ3v) is 4.48. The Labute approximate surface area is 161 Å². The lowest BCUT2D eigenvalue weighted by molar-refractivity contribution is 0.0971. The zero-order valence-electron chi connectivity index (χ0n) is 16.2. The van der Waals surface area contributed by atoms with E-state index in [0.717, 1.165) is 0 Å². The molecular formula is C20H20O8. The molecule has 1 N–H and O–H groups in total. The first kappa shape index (κ1) is 19.3. The second-order valence-corrected chi connectivity index (χ2v) is 5.84. The van der Waals surface area contributed by atoms with Crippen LogP contribution in [0.25, 0.3) is 0 Å². The van der Waals surface area contributed by atoms with E-state index in [0.29, 0.717) is 6.61 Å². The molecule has 2 aromatic rings. The Morgan fingerprint density at radius 2 is 1.21 bits per heavy atom. The van der Waals surface area contributed by atoms with Crippen LogP contribution in [0.1, 0.15) is 38.8 Å². The van der Waals surface area contributed by atoms with E-state index in [2.05, 4.69) is 0 Å². The topological polar surface area (TPSA) is 101 Å². The minimum absolute atomic E-state index is 0.00400. The maximum absolute atomic E-state index is 13.3. The van der Waals surface area contributed by atoms with Gasteiger partial charge in [-0.3, -0.25) is 9.59 Å². The van der Waals surface area contributed by atoms with Crippen LogP contribution in [-0.2, 0) is 0 Å². The van der Waals surface area contributed by atoms with Gasteiger partial charge in [-0.1, -0.05) is 0 Å². The summed E-state index contributed by atoms with van der Waals surface area (Å²) in [5.41, 5.74) is 0.109. The van der Waals surface area contributed by atoms with E-state index < -0.39 is 11.6 Å². The molecule has 8 heteroatoms. The summed E-state index contributed by atoms with van der Waals surface area (Å²) < 4.78 is 26.7. The molecule has 0 saturated heterocycles. The Morgan fingerprint density at radius 1 is 0.750 bits per heavy atom. The van der Waals surface area contributed by atoms with Crippen molar-refractivity contribution in [3.05, 3.63) is 34.4 Å². The van der Waals surface area contributed by atoms with Crippen LogP contribution in [0.5, 0.6) is 34.5 Å². The zero-order valence-corrected chi connectivity index (χ0v) is 16.2. The van der Waals surface area contributed by atoms with Gasteiger partial charge in [-0.15, -0.1) is 0 Å². The lowest BCUT2D eigenvalue weighted by Gasteiger charge is -2.25. The van der Waals surface area contributed by atoms with Crippen LogP contribution in [0.2, 0.25) is 0 Å². The van der Waals surface area contributed by atoms with Crippen LogP contribution in [0.15, 0.2) is 12.1 Å². The molecule has 0 aliphatic heterocycles. The number of phenols is 1. The molecule has 3 rings (SSSR count). The molecule has 0 amide bonds. The number of benzene rings is 2. The first-order valence-corrected chi connectivity index (χ1v) is 8.44. The molecule has 0 atom stereocenters. The Kier molecular flexibility index (Phi) is 5.04. The Balaban J connectivity index is 2.39. The Hall–Kier alpha value is -3.42. The zero-order chi connectivity index (χ0) is 20.6. The van der Waals surface area contributed by atoms with Crippen molar-refractivity contribution in [1.29, 1.82) is 0 Å². The lowest BCUT2D eigenvalue weighted by atomic mass is 9.82. The monoisotopic (exact) mass is 388 g/mol. The van der Waals surface area contributed by atoms with Crippen LogP contribution >= 0.6 is 0 Å². The van der Waals surface area contributed by atoms with Crippen molar-refractivity contribution in [2.24, 2.45) is 0 Å². The molecule has 0 bridgehead atoms. The number of methoxy groups -OCH3 is 4. The number of fused-ring (bicyclic) bond motifs is 2. The van der Waals surface area contributed by atoms with Gasteiger partial charge >= 0.3 is 0 Å². The fourth-order valence-electron chi connectivity index (χ4n) is 3.36. The molecule has 0 unspecified atom stereocenters. The summed E-state index contributed by atoms with van der Waals surface area (Å²) in [5.74, 6) is -0.806. The van der Waals surface area contributed by atoms with E-state index in [1.165, 1.54) is 40.6 Å². The van der Waals surface area contributed by atoms with Gasteiger partial charge in [-0.25, -0.2) is 0 Å². The maximum atomic E-state index is 13.3. The number of phenolic OH excluding ortho intramolecular Hbond substituents is 1. The SMILES string of the molecule is CCOc1cc2c(c(OC)c1OC)C(=O)c1cc(O)c(OC)c(OC)c1C2=O. The third-order valence-electron chi connectivity index (χ3n) is 4.48. The highest BCUT2D eigenvalue weighted by Crippen LogP contribution is 2.49. The number of hydrogen-bond acceptors (Lipinski definition) is 8. The van der Waals surface area contributed by atoms with Gasteiger partial charge in [0.1, 0.15) is 0 Å². The number of ketones is 2. The molecule has 8 nitrogen and oxygen atoms in total. The van der Waals surface area contributed by atoms with E-state index >= 15 is 0 Å². The van der Waals surface area contributed by atoms with Crippen molar-refractivity contribution in [2.45, 2.75) is 6.92 Å². The minimum Gasteiger partial charge on any atom is -0.504 e. The van der Waals surface area contributed by atoms with Crippen LogP contribution in [-0.4, -0.2) is 51.7 Å². The van der Waals surface area contributed by atoms with Gasteiger partial charge in [0.05, 0.1) is 46.2 Å². The summed E-state index contributed by atoms with van der Waals surface area (Å²) in [5, 5.41) is 10.2. The first-order valence-electron chi connectivity index (χ1n) is 8.44. The van der Waals surface area contributed by atoms with Gasteiger partial charge in [-0.05, 0) is 19.1 Å². The summed E-state index contributed by atoms with van der Waals surface area (Å²) in [4.78, 5) is 26.6. The highest BCUT2D eigenvalue weighted by molar-refractivity contribution is 6.31. The fourth-order valence-corrected chi connectivity index (χ4v) is 3.36. The Bertz CT molecular complexity index is 977. The molecular weight excluding hydrogens is 368 g/mol. The fraction of sp³-hybridized carbons (Fsp3) is 0.300. The van der Waals surface area contributed by atoms with E-state index in [1.54, 1.807) is 6.92 Å². The van der Waals surface area contributed by atoms with Crippen LogP contribution in [0.4, 0.5) is 0 Å². The van der Waals surface area contributed by atoms with Crippen LogP contribution in [0, 0.1) is 0 Å². The van der Waals surface area contributed by atoms with Gasteiger partial charge in [0.15, 0.2) is 34.6 Å². The molecule has 0 heterocycles. The number of aromatic hydroxyl groups is 1. The normalized spacial score (nSPS) is 12.2. The largest absolute Gasteiger partial charge is 0.504 e. The molecule has 0 fully saturated rings. The van der Waals surface area contributed by atoms with Crippen LogP contribution < -0.4 is 23.7 Å². The van der Waals surface area contributed by atoms with Crippen LogP contribution in [0.3, 0.4) is 0 Å². The smallest absolute Gasteiger partial charge is 0.204 e. The molecule has 28 heavy (non-hydrogen) atoms. The summed E-state index contributed by atoms with van der Waals surface area (Å²) in [6.45, 7) is 2.10. The molecule has 0 radical (unpaired) electrons. The predicted molar refractivity (Wildman–Crippen MR) is 98.8 cm³/mol. The predicted octanol–water partition coefficient (Wildman–Crippen LogP) is 2.60. The van der Waals surface area contributed by atoms with Crippen molar-refractivity contribution in [3.8, 4) is 34.5 Å². The van der Waals surface area contributed by atoms with Gasteiger partial charge in [0.25, 0.3) is 0 Å². The minimum atomic E-state index is -0.515. The molecule has 1 aliphatic rings. The van der Waals surface area contributed by atoms with E-state index in [1.807, 2.05) is 0 Å². The van der Waals surface area contributed by atoms with Crippen molar-refractivity contribution in [2.75, 3.05) is 35.0 Å². The summed E-state index contributed by atoms with van der Waals surface area (Å²) >= 11 is 0. The second kappa shape index (κ2) is 7.30. The molecule has 0 spiro atoms. The first-order chi connectivity index (χ1) is 13.4. The van der Waals surface area contributed by atoms with E-state index in [-0.39, 0.29) is 56.8 Å². The van der Waals surface area contributed by atoms with Crippen molar-refractivity contribution >= 4 is 11.6 Å². The number of rotatable bonds is 6. The van der Waals surface area contributed by atoms with Gasteiger partial charge in [-0.2, -0.15) is 0 Å². The van der Waals surface area contributed by atoms with E-state index in [4.69, 9.17) is 23.7 Å². The molecule has 148 valence electrons. The summed E-state index contributed by atoms with van der Waals surface area (Å²) in [7, 11) is 5.43. The van der Waals surface area contributed by atoms with Crippen molar-refractivity contribution in [3.63, 3.8) is 0 Å².